The van der Waals surface area contributed by atoms with Crippen LogP contribution in [0.15, 0.2) is 182 Å². The van der Waals surface area contributed by atoms with Crippen LogP contribution >= 0.6 is 0 Å². The first-order valence-electron chi connectivity index (χ1n) is 17.3. The van der Waals surface area contributed by atoms with Gasteiger partial charge in [-0.1, -0.05) is 121 Å². The summed E-state index contributed by atoms with van der Waals surface area (Å²) in [6.07, 6.45) is 0. The number of para-hydroxylation sites is 2. The summed E-state index contributed by atoms with van der Waals surface area (Å²) in [5.41, 5.74) is 12.2. The standard InChI is InChI=1S/C48H30N2/c1-2-16-34(17-3-1)50-45-22-9-8-20-39(45)43-30-36(25-27-46(43)50)49(44-23-11-14-31-12-4-6-18-37(31)44)35-24-26-41-42(29-35)40-21-10-15-33-28-32-13-5-7-19-38(32)48(41)47(33)40/h1-30H. The van der Waals surface area contributed by atoms with Gasteiger partial charge in [-0.3, -0.25) is 0 Å². The van der Waals surface area contributed by atoms with Gasteiger partial charge in [0.25, 0.3) is 0 Å². The van der Waals surface area contributed by atoms with Crippen molar-refractivity contribution in [3.63, 3.8) is 0 Å². The minimum Gasteiger partial charge on any atom is -0.310 e. The smallest absolute Gasteiger partial charge is 0.0542 e. The third kappa shape index (κ3) is 3.85. The number of nitrogens with zero attached hydrogens (tertiary/aromatic N) is 2. The fraction of sp³-hybridized carbons (Fsp3) is 0. The van der Waals surface area contributed by atoms with Crippen LogP contribution in [0, 0.1) is 0 Å². The van der Waals surface area contributed by atoms with E-state index in [4.69, 9.17) is 0 Å². The lowest BCUT2D eigenvalue weighted by atomic mass is 9.96. The summed E-state index contributed by atoms with van der Waals surface area (Å²) in [6.45, 7) is 0. The molecule has 0 aliphatic heterocycles. The van der Waals surface area contributed by atoms with Crippen LogP contribution in [0.2, 0.25) is 0 Å². The van der Waals surface area contributed by atoms with Crippen molar-refractivity contribution in [2.75, 3.05) is 4.90 Å². The van der Waals surface area contributed by atoms with Gasteiger partial charge in [-0.25, -0.2) is 0 Å². The van der Waals surface area contributed by atoms with Gasteiger partial charge in [0.05, 0.1) is 16.7 Å². The second-order valence-electron chi connectivity index (χ2n) is 13.3. The number of rotatable bonds is 4. The highest BCUT2D eigenvalue weighted by Crippen LogP contribution is 2.52. The monoisotopic (exact) mass is 634 g/mol. The quantitative estimate of drug-likeness (QED) is 0.175. The van der Waals surface area contributed by atoms with E-state index < -0.39 is 0 Å². The molecular weight excluding hydrogens is 605 g/mol. The third-order valence-corrected chi connectivity index (χ3v) is 10.6. The maximum atomic E-state index is 2.46. The molecule has 1 heterocycles. The van der Waals surface area contributed by atoms with Crippen LogP contribution in [-0.4, -0.2) is 4.57 Å². The molecule has 2 heteroatoms. The van der Waals surface area contributed by atoms with Gasteiger partial charge in [-0.2, -0.15) is 0 Å². The lowest BCUT2D eigenvalue weighted by Gasteiger charge is -2.28. The topological polar surface area (TPSA) is 8.17 Å². The minimum atomic E-state index is 1.13. The van der Waals surface area contributed by atoms with E-state index in [0.29, 0.717) is 0 Å². The summed E-state index contributed by atoms with van der Waals surface area (Å²) in [5, 5.41) is 10.2. The Hall–Kier alpha value is -6.64. The molecule has 50 heavy (non-hydrogen) atoms. The molecule has 10 aromatic rings. The first kappa shape index (κ1) is 27.3. The predicted molar refractivity (Wildman–Crippen MR) is 212 cm³/mol. The molecule has 0 saturated carbocycles. The van der Waals surface area contributed by atoms with E-state index in [9.17, 15) is 0 Å². The van der Waals surface area contributed by atoms with E-state index in [1.807, 2.05) is 0 Å². The fourth-order valence-corrected chi connectivity index (χ4v) is 8.52. The Kier molecular flexibility index (Phi) is 5.70. The zero-order chi connectivity index (χ0) is 32.8. The summed E-state index contributed by atoms with van der Waals surface area (Å²) in [4.78, 5) is 2.46. The molecule has 0 saturated heterocycles. The van der Waals surface area contributed by atoms with Gasteiger partial charge in [-0.05, 0) is 110 Å². The Labute approximate surface area is 289 Å². The first-order valence-corrected chi connectivity index (χ1v) is 17.3. The molecule has 1 aliphatic carbocycles. The van der Waals surface area contributed by atoms with Crippen molar-refractivity contribution in [2.24, 2.45) is 0 Å². The fourth-order valence-electron chi connectivity index (χ4n) is 8.52. The largest absolute Gasteiger partial charge is 0.310 e. The lowest BCUT2D eigenvalue weighted by Crippen LogP contribution is -2.10. The third-order valence-electron chi connectivity index (χ3n) is 10.6. The van der Waals surface area contributed by atoms with Crippen LogP contribution in [0.1, 0.15) is 0 Å². The van der Waals surface area contributed by atoms with Crippen molar-refractivity contribution >= 4 is 71.2 Å². The Morgan fingerprint density at radius 2 is 1.02 bits per heavy atom. The Bertz CT molecular complexity index is 2980. The molecule has 0 atom stereocenters. The minimum absolute atomic E-state index is 1.13. The number of hydrogen-bond acceptors (Lipinski definition) is 1. The highest BCUT2D eigenvalue weighted by Gasteiger charge is 2.26. The second kappa shape index (κ2) is 10.4. The molecule has 0 radical (unpaired) electrons. The van der Waals surface area contributed by atoms with Gasteiger partial charge in [-0.15, -0.1) is 0 Å². The second-order valence-corrected chi connectivity index (χ2v) is 13.3. The number of aromatic nitrogens is 1. The molecule has 232 valence electrons. The summed E-state index contributed by atoms with van der Waals surface area (Å²) < 4.78 is 2.38. The van der Waals surface area contributed by atoms with E-state index in [2.05, 4.69) is 191 Å². The normalized spacial score (nSPS) is 12.0. The van der Waals surface area contributed by atoms with Crippen molar-refractivity contribution in [3.05, 3.63) is 182 Å². The van der Waals surface area contributed by atoms with Crippen LogP contribution in [0.3, 0.4) is 0 Å². The molecule has 2 nitrogen and oxygen atoms in total. The first-order chi connectivity index (χ1) is 24.8. The summed E-state index contributed by atoms with van der Waals surface area (Å²) in [7, 11) is 0. The van der Waals surface area contributed by atoms with Gasteiger partial charge in [0, 0.05) is 33.2 Å². The summed E-state index contributed by atoms with van der Waals surface area (Å²) in [6, 6.07) is 66.8. The highest BCUT2D eigenvalue weighted by molar-refractivity contribution is 6.24. The SMILES string of the molecule is c1ccc(-n2c3ccccc3c3cc(N(c4ccc5c(c4)-c4cccc6cc7ccccc7c-5c46)c4cccc5ccccc45)ccc32)cc1. The van der Waals surface area contributed by atoms with Crippen molar-refractivity contribution in [3.8, 4) is 27.9 Å². The zero-order valence-electron chi connectivity index (χ0n) is 27.2. The van der Waals surface area contributed by atoms with Crippen molar-refractivity contribution in [1.82, 2.24) is 4.57 Å². The number of anilines is 3. The van der Waals surface area contributed by atoms with E-state index >= 15 is 0 Å². The van der Waals surface area contributed by atoms with Crippen LogP contribution in [-0.2, 0) is 0 Å². The number of fused-ring (bicyclic) bond motifs is 9. The summed E-state index contributed by atoms with van der Waals surface area (Å²) >= 11 is 0. The summed E-state index contributed by atoms with van der Waals surface area (Å²) in [5.74, 6) is 0. The van der Waals surface area contributed by atoms with Crippen LogP contribution in [0.25, 0.3) is 82.1 Å². The van der Waals surface area contributed by atoms with E-state index in [-0.39, 0.29) is 0 Å². The molecule has 0 fully saturated rings. The average Bonchev–Trinajstić information content (AvgIpc) is 3.69. The van der Waals surface area contributed by atoms with Crippen LogP contribution in [0.4, 0.5) is 17.1 Å². The molecule has 0 N–H and O–H groups in total. The molecule has 0 amide bonds. The Morgan fingerprint density at radius 1 is 0.360 bits per heavy atom. The molecule has 11 rings (SSSR count). The van der Waals surface area contributed by atoms with Crippen molar-refractivity contribution < 1.29 is 0 Å². The predicted octanol–water partition coefficient (Wildman–Crippen LogP) is 13.4. The molecule has 9 aromatic carbocycles. The molecule has 0 bridgehead atoms. The van der Waals surface area contributed by atoms with E-state index in [0.717, 1.165) is 22.7 Å². The average molecular weight is 635 g/mol. The number of benzene rings is 9. The molecule has 1 aliphatic rings. The van der Waals surface area contributed by atoms with Crippen molar-refractivity contribution in [1.29, 1.82) is 0 Å². The van der Waals surface area contributed by atoms with Crippen LogP contribution < -0.4 is 4.90 Å². The van der Waals surface area contributed by atoms with Crippen molar-refractivity contribution in [2.45, 2.75) is 0 Å². The van der Waals surface area contributed by atoms with Gasteiger partial charge in [0.15, 0.2) is 0 Å². The highest BCUT2D eigenvalue weighted by atomic mass is 15.1. The molecule has 0 unspecified atom stereocenters. The van der Waals surface area contributed by atoms with E-state index in [1.165, 1.54) is 76.4 Å². The lowest BCUT2D eigenvalue weighted by molar-refractivity contribution is 1.18. The van der Waals surface area contributed by atoms with Gasteiger partial charge in [0.1, 0.15) is 0 Å². The Balaban J connectivity index is 1.18. The maximum Gasteiger partial charge on any atom is 0.0542 e. The van der Waals surface area contributed by atoms with Gasteiger partial charge < -0.3 is 9.47 Å². The molecule has 1 aromatic heterocycles. The van der Waals surface area contributed by atoms with E-state index in [1.54, 1.807) is 0 Å². The number of hydrogen-bond donors (Lipinski definition) is 0. The Morgan fingerprint density at radius 3 is 1.92 bits per heavy atom. The van der Waals surface area contributed by atoms with Gasteiger partial charge >= 0.3 is 0 Å². The molecule has 0 spiro atoms. The van der Waals surface area contributed by atoms with Gasteiger partial charge in [0.2, 0.25) is 0 Å². The molecular formula is C48H30N2. The zero-order valence-corrected chi connectivity index (χ0v) is 27.2. The maximum absolute atomic E-state index is 2.46. The van der Waals surface area contributed by atoms with Crippen LogP contribution in [0.5, 0.6) is 0 Å².